The van der Waals surface area contributed by atoms with Gasteiger partial charge in [0.15, 0.2) is 12.0 Å². The minimum Gasteiger partial charge on any atom is -0.441 e. The van der Waals surface area contributed by atoms with Crippen LogP contribution in [0.5, 0.6) is 0 Å². The number of oxazole rings is 1. The van der Waals surface area contributed by atoms with Crippen LogP contribution < -0.4 is 11.2 Å². The van der Waals surface area contributed by atoms with Crippen LogP contribution in [0.2, 0.25) is 0 Å². The molecule has 3 aromatic rings. The molecule has 0 spiro atoms. The van der Waals surface area contributed by atoms with E-state index in [-0.39, 0.29) is 0 Å². The smallest absolute Gasteiger partial charge is 0.333 e. The molecule has 0 radical (unpaired) electrons. The predicted octanol–water partition coefficient (Wildman–Crippen LogP) is 0.667. The Morgan fingerprint density at radius 3 is 2.94 bits per heavy atom. The topological polar surface area (TPSA) is 80.9 Å². The number of aromatic amines is 1. The molecule has 0 saturated carbocycles. The van der Waals surface area contributed by atoms with Gasteiger partial charge in [-0.05, 0) is 12.1 Å². The highest BCUT2D eigenvalue weighted by Crippen LogP contribution is 2.18. The molecule has 6 nitrogen and oxygen atoms in total. The van der Waals surface area contributed by atoms with Gasteiger partial charge in [0.05, 0.1) is 5.69 Å². The summed E-state index contributed by atoms with van der Waals surface area (Å²) in [5, 5.41) is 0. The molecule has 0 bridgehead atoms. The Kier molecular flexibility index (Phi) is 1.94. The molecule has 0 fully saturated rings. The Hall–Kier alpha value is -2.63. The van der Waals surface area contributed by atoms with Gasteiger partial charge in [0.1, 0.15) is 5.52 Å². The fourth-order valence-electron chi connectivity index (χ4n) is 1.70. The normalized spacial score (nSPS) is 10.8. The monoisotopic (exact) mass is 229 g/mol. The molecule has 0 atom stereocenters. The maximum atomic E-state index is 11.7. The van der Waals surface area contributed by atoms with E-state index in [1.54, 1.807) is 18.2 Å². The van der Waals surface area contributed by atoms with E-state index >= 15 is 0 Å². The summed E-state index contributed by atoms with van der Waals surface area (Å²) in [7, 11) is 0. The number of aromatic nitrogens is 3. The van der Waals surface area contributed by atoms with Crippen molar-refractivity contribution < 1.29 is 4.42 Å². The van der Waals surface area contributed by atoms with Crippen molar-refractivity contribution in [2.75, 3.05) is 0 Å². The molecule has 84 valence electrons. The number of para-hydroxylation sites is 1. The van der Waals surface area contributed by atoms with Gasteiger partial charge in [-0.15, -0.1) is 0 Å². The van der Waals surface area contributed by atoms with E-state index in [9.17, 15) is 9.59 Å². The van der Waals surface area contributed by atoms with Gasteiger partial charge in [0.2, 0.25) is 0 Å². The highest BCUT2D eigenvalue weighted by molar-refractivity contribution is 5.81. The quantitative estimate of drug-likeness (QED) is 0.664. The minimum atomic E-state index is -0.513. The van der Waals surface area contributed by atoms with Crippen LogP contribution in [0.25, 0.3) is 16.8 Å². The molecular weight excluding hydrogens is 222 g/mol. The van der Waals surface area contributed by atoms with E-state index in [0.29, 0.717) is 16.8 Å². The van der Waals surface area contributed by atoms with Gasteiger partial charge in [0, 0.05) is 12.3 Å². The van der Waals surface area contributed by atoms with E-state index in [1.165, 1.54) is 18.7 Å². The molecule has 6 heteroatoms. The maximum absolute atomic E-state index is 11.7. The standard InChI is InChI=1S/C11H7N3O3/c15-9-4-5-12-11(16)14(9)8-3-1-2-7-10(8)17-6-13-7/h1-6H,(H,12,16). The van der Waals surface area contributed by atoms with Crippen molar-refractivity contribution in [3.05, 3.63) is 57.7 Å². The second kappa shape index (κ2) is 3.44. The van der Waals surface area contributed by atoms with E-state index in [4.69, 9.17) is 4.42 Å². The number of nitrogens with zero attached hydrogens (tertiary/aromatic N) is 2. The van der Waals surface area contributed by atoms with Crippen molar-refractivity contribution >= 4 is 11.1 Å². The molecule has 2 aromatic heterocycles. The average Bonchev–Trinajstić information content (AvgIpc) is 2.77. The zero-order valence-corrected chi connectivity index (χ0v) is 8.58. The summed E-state index contributed by atoms with van der Waals surface area (Å²) in [5.41, 5.74) is 0.454. The van der Waals surface area contributed by atoms with Gasteiger partial charge in [-0.2, -0.15) is 0 Å². The second-order valence-electron chi connectivity index (χ2n) is 3.43. The molecule has 1 N–H and O–H groups in total. The number of fused-ring (bicyclic) bond motifs is 1. The average molecular weight is 229 g/mol. The third-order valence-corrected chi connectivity index (χ3v) is 2.43. The molecule has 0 unspecified atom stereocenters. The van der Waals surface area contributed by atoms with Crippen molar-refractivity contribution in [3.63, 3.8) is 0 Å². The van der Waals surface area contributed by atoms with Crippen LogP contribution in [0.15, 0.2) is 50.9 Å². The lowest BCUT2D eigenvalue weighted by molar-refractivity contribution is 0.598. The first kappa shape index (κ1) is 9.59. The molecule has 0 saturated heterocycles. The van der Waals surface area contributed by atoms with Gasteiger partial charge in [-0.1, -0.05) is 6.07 Å². The van der Waals surface area contributed by atoms with Crippen molar-refractivity contribution in [1.29, 1.82) is 0 Å². The Balaban J connectivity index is 2.47. The van der Waals surface area contributed by atoms with Gasteiger partial charge in [0.25, 0.3) is 5.56 Å². The first-order chi connectivity index (χ1) is 8.27. The van der Waals surface area contributed by atoms with Crippen LogP contribution >= 0.6 is 0 Å². The number of benzene rings is 1. The fraction of sp³-hybridized carbons (Fsp3) is 0. The highest BCUT2D eigenvalue weighted by atomic mass is 16.3. The molecule has 0 aliphatic carbocycles. The summed E-state index contributed by atoms with van der Waals surface area (Å²) in [6.07, 6.45) is 2.58. The first-order valence-corrected chi connectivity index (χ1v) is 4.91. The van der Waals surface area contributed by atoms with Crippen molar-refractivity contribution in [2.45, 2.75) is 0 Å². The van der Waals surface area contributed by atoms with Crippen LogP contribution in [-0.4, -0.2) is 14.5 Å². The second-order valence-corrected chi connectivity index (χ2v) is 3.43. The SMILES string of the molecule is O=c1cc[nH]c(=O)n1-c1cccc2ncoc12. The van der Waals surface area contributed by atoms with Gasteiger partial charge < -0.3 is 9.40 Å². The first-order valence-electron chi connectivity index (χ1n) is 4.91. The lowest BCUT2D eigenvalue weighted by atomic mass is 10.3. The Labute approximate surface area is 94.2 Å². The third-order valence-electron chi connectivity index (χ3n) is 2.43. The van der Waals surface area contributed by atoms with Crippen LogP contribution in [0, 0.1) is 0 Å². The predicted molar refractivity (Wildman–Crippen MR) is 60.2 cm³/mol. The summed E-state index contributed by atoms with van der Waals surface area (Å²) in [5.74, 6) is 0. The molecule has 3 rings (SSSR count). The molecule has 0 amide bonds. The van der Waals surface area contributed by atoms with Crippen molar-refractivity contribution in [1.82, 2.24) is 14.5 Å². The molecule has 2 heterocycles. The van der Waals surface area contributed by atoms with E-state index in [0.717, 1.165) is 4.57 Å². The molecule has 0 aliphatic rings. The Morgan fingerprint density at radius 2 is 2.12 bits per heavy atom. The number of hydrogen-bond donors (Lipinski definition) is 1. The van der Waals surface area contributed by atoms with E-state index < -0.39 is 11.2 Å². The summed E-state index contributed by atoms with van der Waals surface area (Å²) in [6.45, 7) is 0. The number of H-pyrrole nitrogens is 1. The van der Waals surface area contributed by atoms with Crippen molar-refractivity contribution in [2.24, 2.45) is 0 Å². The zero-order chi connectivity index (χ0) is 11.8. The van der Waals surface area contributed by atoms with E-state index in [2.05, 4.69) is 9.97 Å². The zero-order valence-electron chi connectivity index (χ0n) is 8.58. The molecular formula is C11H7N3O3. The number of hydrogen-bond acceptors (Lipinski definition) is 4. The molecule has 17 heavy (non-hydrogen) atoms. The maximum Gasteiger partial charge on any atom is 0.333 e. The number of nitrogens with one attached hydrogen (secondary N) is 1. The van der Waals surface area contributed by atoms with Gasteiger partial charge >= 0.3 is 5.69 Å². The summed E-state index contributed by atoms with van der Waals surface area (Å²) in [6, 6.07) is 6.35. The van der Waals surface area contributed by atoms with Crippen LogP contribution in [0.1, 0.15) is 0 Å². The fourth-order valence-corrected chi connectivity index (χ4v) is 1.70. The van der Waals surface area contributed by atoms with Gasteiger partial charge in [-0.25, -0.2) is 14.3 Å². The number of rotatable bonds is 1. The van der Waals surface area contributed by atoms with Crippen molar-refractivity contribution in [3.8, 4) is 5.69 Å². The summed E-state index contributed by atoms with van der Waals surface area (Å²) in [4.78, 5) is 29.7. The molecule has 0 aliphatic heterocycles. The largest absolute Gasteiger partial charge is 0.441 e. The third kappa shape index (κ3) is 1.38. The lowest BCUT2D eigenvalue weighted by Crippen LogP contribution is -2.32. The van der Waals surface area contributed by atoms with Crippen LogP contribution in [0.3, 0.4) is 0 Å². The Bertz CT molecular complexity index is 769. The van der Waals surface area contributed by atoms with Crippen LogP contribution in [-0.2, 0) is 0 Å². The summed E-state index contributed by atoms with van der Waals surface area (Å²) >= 11 is 0. The highest BCUT2D eigenvalue weighted by Gasteiger charge is 2.10. The molecule has 1 aromatic carbocycles. The van der Waals surface area contributed by atoms with Crippen LogP contribution in [0.4, 0.5) is 0 Å². The van der Waals surface area contributed by atoms with E-state index in [1.807, 2.05) is 0 Å². The summed E-state index contributed by atoms with van der Waals surface area (Å²) < 4.78 is 6.20. The minimum absolute atomic E-state index is 0.381. The van der Waals surface area contributed by atoms with Gasteiger partial charge in [-0.3, -0.25) is 4.79 Å². The lowest BCUT2D eigenvalue weighted by Gasteiger charge is -2.02. The Morgan fingerprint density at radius 1 is 1.24 bits per heavy atom.